The minimum absolute atomic E-state index is 0.0893. The third-order valence-corrected chi connectivity index (χ3v) is 3.91. The van der Waals surface area contributed by atoms with Gasteiger partial charge in [-0.2, -0.15) is 0 Å². The third-order valence-electron chi connectivity index (χ3n) is 3.91. The van der Waals surface area contributed by atoms with E-state index in [0.717, 1.165) is 25.0 Å². The Labute approximate surface area is 122 Å². The normalized spacial score (nSPS) is 18.0. The molecule has 1 amide bonds. The molecule has 0 bridgehead atoms. The summed E-state index contributed by atoms with van der Waals surface area (Å²) < 4.78 is 7.23. The minimum Gasteiger partial charge on any atom is -0.376 e. The number of fused-ring (bicyclic) bond motifs is 1. The molecular formula is C16H18N2O3. The summed E-state index contributed by atoms with van der Waals surface area (Å²) in [7, 11) is 1.79. The van der Waals surface area contributed by atoms with Gasteiger partial charge in [0.25, 0.3) is 5.91 Å². The van der Waals surface area contributed by atoms with Crippen molar-refractivity contribution in [2.45, 2.75) is 18.9 Å². The van der Waals surface area contributed by atoms with E-state index in [4.69, 9.17) is 4.74 Å². The molecule has 5 heteroatoms. The number of hydrogen-bond donors (Lipinski definition) is 1. The average molecular weight is 286 g/mol. The van der Waals surface area contributed by atoms with E-state index in [2.05, 4.69) is 5.32 Å². The average Bonchev–Trinajstić information content (AvgIpc) is 3.02. The van der Waals surface area contributed by atoms with Crippen molar-refractivity contribution in [3.8, 4) is 0 Å². The molecule has 21 heavy (non-hydrogen) atoms. The molecule has 0 unspecified atom stereocenters. The molecule has 1 atom stereocenters. The van der Waals surface area contributed by atoms with E-state index in [-0.39, 0.29) is 17.4 Å². The number of nitrogens with one attached hydrogen (secondary N) is 1. The molecule has 2 heterocycles. The summed E-state index contributed by atoms with van der Waals surface area (Å²) >= 11 is 0. The van der Waals surface area contributed by atoms with Crippen molar-refractivity contribution in [3.63, 3.8) is 0 Å². The van der Waals surface area contributed by atoms with Gasteiger partial charge in [-0.25, -0.2) is 0 Å². The molecule has 0 radical (unpaired) electrons. The first kappa shape index (κ1) is 13.8. The van der Waals surface area contributed by atoms with E-state index in [0.29, 0.717) is 17.6 Å². The molecule has 110 valence electrons. The standard InChI is InChI=1S/C16H18N2O3/c1-18-13-7-3-2-6-12(13)15(19)9-14(18)16(20)17-10-11-5-4-8-21-11/h2-3,6-7,9,11H,4-5,8,10H2,1H3,(H,17,20)/t11-/m1/s1. The van der Waals surface area contributed by atoms with Crippen molar-refractivity contribution in [1.82, 2.24) is 9.88 Å². The van der Waals surface area contributed by atoms with Crippen LogP contribution in [-0.4, -0.2) is 29.7 Å². The van der Waals surface area contributed by atoms with Gasteiger partial charge >= 0.3 is 0 Å². The molecule has 1 saturated heterocycles. The second kappa shape index (κ2) is 5.69. The van der Waals surface area contributed by atoms with Crippen molar-refractivity contribution in [2.75, 3.05) is 13.2 Å². The van der Waals surface area contributed by atoms with Gasteiger partial charge in [0.15, 0.2) is 5.43 Å². The van der Waals surface area contributed by atoms with Crippen LogP contribution < -0.4 is 10.7 Å². The maximum absolute atomic E-state index is 12.3. The van der Waals surface area contributed by atoms with E-state index in [1.807, 2.05) is 18.2 Å². The van der Waals surface area contributed by atoms with Crippen LogP contribution in [0.4, 0.5) is 0 Å². The van der Waals surface area contributed by atoms with Gasteiger partial charge in [0.2, 0.25) is 0 Å². The zero-order valence-corrected chi connectivity index (χ0v) is 12.0. The van der Waals surface area contributed by atoms with Gasteiger partial charge in [-0.1, -0.05) is 12.1 Å². The Kier molecular flexibility index (Phi) is 3.75. The van der Waals surface area contributed by atoms with E-state index < -0.39 is 0 Å². The van der Waals surface area contributed by atoms with E-state index >= 15 is 0 Å². The smallest absolute Gasteiger partial charge is 0.268 e. The number of ether oxygens (including phenoxy) is 1. The fourth-order valence-corrected chi connectivity index (χ4v) is 2.72. The van der Waals surface area contributed by atoms with Crippen LogP contribution in [0.1, 0.15) is 23.3 Å². The van der Waals surface area contributed by atoms with Crippen LogP contribution in [0, 0.1) is 0 Å². The van der Waals surface area contributed by atoms with Gasteiger partial charge in [-0.05, 0) is 25.0 Å². The first-order chi connectivity index (χ1) is 10.2. The molecule has 1 fully saturated rings. The number of hydrogen-bond acceptors (Lipinski definition) is 3. The summed E-state index contributed by atoms with van der Waals surface area (Å²) in [5.74, 6) is -0.240. The molecule has 1 aliphatic heterocycles. The van der Waals surface area contributed by atoms with Crippen molar-refractivity contribution < 1.29 is 9.53 Å². The molecule has 1 N–H and O–H groups in total. The first-order valence-corrected chi connectivity index (χ1v) is 7.15. The van der Waals surface area contributed by atoms with Crippen molar-refractivity contribution in [1.29, 1.82) is 0 Å². The van der Waals surface area contributed by atoms with Gasteiger partial charge in [-0.3, -0.25) is 9.59 Å². The molecule has 0 aliphatic carbocycles. The van der Waals surface area contributed by atoms with E-state index in [9.17, 15) is 9.59 Å². The van der Waals surface area contributed by atoms with Crippen LogP contribution in [0.3, 0.4) is 0 Å². The van der Waals surface area contributed by atoms with Gasteiger partial charge in [0.1, 0.15) is 5.69 Å². The summed E-state index contributed by atoms with van der Waals surface area (Å²) in [5, 5.41) is 3.47. The van der Waals surface area contributed by atoms with Gasteiger partial charge in [0, 0.05) is 31.7 Å². The number of nitrogens with zero attached hydrogens (tertiary/aromatic N) is 1. The summed E-state index contributed by atoms with van der Waals surface area (Å²) in [5.41, 5.74) is 0.995. The zero-order valence-electron chi connectivity index (χ0n) is 12.0. The Balaban J connectivity index is 1.87. The number of para-hydroxylation sites is 1. The van der Waals surface area contributed by atoms with Crippen LogP contribution in [0.25, 0.3) is 10.9 Å². The topological polar surface area (TPSA) is 60.3 Å². The fraction of sp³-hybridized carbons (Fsp3) is 0.375. The minimum atomic E-state index is -0.240. The summed E-state index contributed by atoms with van der Waals surface area (Å²) in [4.78, 5) is 24.4. The van der Waals surface area contributed by atoms with Gasteiger partial charge in [-0.15, -0.1) is 0 Å². The molecule has 3 rings (SSSR count). The molecule has 2 aromatic rings. The molecule has 1 aromatic heterocycles. The lowest BCUT2D eigenvalue weighted by molar-refractivity contribution is 0.0851. The number of aryl methyl sites for hydroxylation is 1. The fourth-order valence-electron chi connectivity index (χ4n) is 2.72. The van der Waals surface area contributed by atoms with Crippen LogP contribution >= 0.6 is 0 Å². The molecule has 1 aliphatic rings. The second-order valence-corrected chi connectivity index (χ2v) is 5.32. The summed E-state index contributed by atoms with van der Waals surface area (Å²) in [6.07, 6.45) is 2.10. The number of amides is 1. The Morgan fingerprint density at radius 3 is 3.00 bits per heavy atom. The number of carbonyl (C=O) groups is 1. The molecule has 1 aromatic carbocycles. The largest absolute Gasteiger partial charge is 0.376 e. The van der Waals surface area contributed by atoms with Crippen LogP contribution in [-0.2, 0) is 11.8 Å². The number of pyridine rings is 1. The number of aromatic nitrogens is 1. The summed E-state index contributed by atoms with van der Waals surface area (Å²) in [6, 6.07) is 8.68. The second-order valence-electron chi connectivity index (χ2n) is 5.32. The lowest BCUT2D eigenvalue weighted by atomic mass is 10.1. The molecule has 0 spiro atoms. The molecule has 0 saturated carbocycles. The van der Waals surface area contributed by atoms with Crippen LogP contribution in [0.15, 0.2) is 35.1 Å². The summed E-state index contributed by atoms with van der Waals surface area (Å²) in [6.45, 7) is 1.24. The number of benzene rings is 1. The van der Waals surface area contributed by atoms with Crippen molar-refractivity contribution in [2.24, 2.45) is 7.05 Å². The maximum Gasteiger partial charge on any atom is 0.268 e. The first-order valence-electron chi connectivity index (χ1n) is 7.15. The van der Waals surface area contributed by atoms with Gasteiger partial charge in [0.05, 0.1) is 11.6 Å². The highest BCUT2D eigenvalue weighted by atomic mass is 16.5. The lowest BCUT2D eigenvalue weighted by Gasteiger charge is -2.14. The number of carbonyl (C=O) groups excluding carboxylic acids is 1. The monoisotopic (exact) mass is 286 g/mol. The third kappa shape index (κ3) is 2.69. The zero-order chi connectivity index (χ0) is 14.8. The van der Waals surface area contributed by atoms with Gasteiger partial charge < -0.3 is 14.6 Å². The molecular weight excluding hydrogens is 268 g/mol. The Morgan fingerprint density at radius 1 is 1.43 bits per heavy atom. The predicted molar refractivity (Wildman–Crippen MR) is 80.5 cm³/mol. The highest BCUT2D eigenvalue weighted by Crippen LogP contribution is 2.13. The Morgan fingerprint density at radius 2 is 2.24 bits per heavy atom. The van der Waals surface area contributed by atoms with E-state index in [1.165, 1.54) is 6.07 Å². The van der Waals surface area contributed by atoms with Crippen LogP contribution in [0.5, 0.6) is 0 Å². The number of rotatable bonds is 3. The molecule has 5 nitrogen and oxygen atoms in total. The lowest BCUT2D eigenvalue weighted by Crippen LogP contribution is -2.34. The van der Waals surface area contributed by atoms with Crippen LogP contribution in [0.2, 0.25) is 0 Å². The predicted octanol–water partition coefficient (Wildman–Crippen LogP) is 1.45. The highest BCUT2D eigenvalue weighted by Gasteiger charge is 2.18. The SMILES string of the molecule is Cn1c(C(=O)NC[C@H]2CCCO2)cc(=O)c2ccccc21. The van der Waals surface area contributed by atoms with Crippen molar-refractivity contribution >= 4 is 16.8 Å². The highest BCUT2D eigenvalue weighted by molar-refractivity contribution is 5.95. The Hall–Kier alpha value is -2.14. The maximum atomic E-state index is 12.3. The van der Waals surface area contributed by atoms with E-state index in [1.54, 1.807) is 17.7 Å². The van der Waals surface area contributed by atoms with Crippen molar-refractivity contribution in [3.05, 3.63) is 46.2 Å². The Bertz CT molecular complexity index is 730. The quantitative estimate of drug-likeness (QED) is 0.929.